The van der Waals surface area contributed by atoms with Crippen LogP contribution in [0, 0.1) is 5.92 Å². The Morgan fingerprint density at radius 1 is 1.33 bits per heavy atom. The highest BCUT2D eigenvalue weighted by Crippen LogP contribution is 2.27. The molecule has 1 fully saturated rings. The maximum atomic E-state index is 11.0. The van der Waals surface area contributed by atoms with Crippen molar-refractivity contribution in [3.63, 3.8) is 0 Å². The van der Waals surface area contributed by atoms with Gasteiger partial charge in [-0.1, -0.05) is 13.3 Å². The van der Waals surface area contributed by atoms with E-state index in [1.807, 2.05) is 31.3 Å². The topological polar surface area (TPSA) is 76.4 Å². The van der Waals surface area contributed by atoms with Crippen molar-refractivity contribution in [2.45, 2.75) is 51.6 Å². The van der Waals surface area contributed by atoms with E-state index in [4.69, 9.17) is 10.5 Å². The van der Waals surface area contributed by atoms with Crippen LogP contribution in [0.5, 0.6) is 5.75 Å². The first-order valence-electron chi connectivity index (χ1n) is 8.81. The van der Waals surface area contributed by atoms with E-state index in [0.717, 1.165) is 67.5 Å². The van der Waals surface area contributed by atoms with E-state index in [0.29, 0.717) is 0 Å². The molecule has 1 saturated carbocycles. The van der Waals surface area contributed by atoms with Crippen LogP contribution in [0.2, 0.25) is 0 Å². The van der Waals surface area contributed by atoms with Gasteiger partial charge in [0.2, 0.25) is 0 Å². The summed E-state index contributed by atoms with van der Waals surface area (Å²) in [6, 6.07) is 7.96. The van der Waals surface area contributed by atoms with Crippen LogP contribution in [-0.2, 0) is 4.79 Å². The number of aldehydes is 1. The highest BCUT2D eigenvalue weighted by Gasteiger charge is 2.22. The van der Waals surface area contributed by atoms with Gasteiger partial charge in [0.15, 0.2) is 0 Å². The smallest absolute Gasteiger partial charge is 0.123 e. The second kappa shape index (κ2) is 9.33. The summed E-state index contributed by atoms with van der Waals surface area (Å²) in [6.07, 6.45) is 6.93. The Labute approximate surface area is 144 Å². The van der Waals surface area contributed by atoms with E-state index in [-0.39, 0.29) is 12.0 Å². The number of hydrazine groups is 1. The Bertz CT molecular complexity index is 554. The molecule has 0 aliphatic heterocycles. The van der Waals surface area contributed by atoms with Gasteiger partial charge in [-0.3, -0.25) is 0 Å². The molecule has 0 saturated heterocycles. The molecule has 0 heterocycles. The predicted molar refractivity (Wildman–Crippen MR) is 97.1 cm³/mol. The van der Waals surface area contributed by atoms with Crippen LogP contribution < -0.4 is 21.3 Å². The molecule has 0 spiro atoms. The molecule has 1 aliphatic rings. The standard InChI is InChI=1S/C19H29N3O2/c1-3-5-18(20)19(22-21-2)15-8-10-16(11-9-15)24-17-7-4-6-14(12-17)13-23/h8-11,13-14,17,21-22H,3-7,12,20H2,1-2H3/b19-18+. The molecule has 2 atom stereocenters. The lowest BCUT2D eigenvalue weighted by Gasteiger charge is -2.26. The van der Waals surface area contributed by atoms with E-state index in [9.17, 15) is 4.79 Å². The number of rotatable bonds is 8. The average Bonchev–Trinajstić information content (AvgIpc) is 2.61. The number of ether oxygens (including phenoxy) is 1. The van der Waals surface area contributed by atoms with E-state index < -0.39 is 0 Å². The van der Waals surface area contributed by atoms with E-state index in [1.165, 1.54) is 0 Å². The largest absolute Gasteiger partial charge is 0.490 e. The number of hydrogen-bond donors (Lipinski definition) is 3. The lowest BCUT2D eigenvalue weighted by Crippen LogP contribution is -2.28. The third-order valence-electron chi connectivity index (χ3n) is 4.40. The van der Waals surface area contributed by atoms with Crippen LogP contribution in [0.25, 0.3) is 5.70 Å². The molecule has 2 unspecified atom stereocenters. The minimum atomic E-state index is 0.135. The first-order valence-corrected chi connectivity index (χ1v) is 8.81. The third kappa shape index (κ3) is 4.99. The number of carbonyl (C=O) groups excluding carboxylic acids is 1. The molecule has 0 amide bonds. The number of allylic oxidation sites excluding steroid dienone is 1. The van der Waals surface area contributed by atoms with Crippen molar-refractivity contribution >= 4 is 12.0 Å². The number of nitrogens with two attached hydrogens (primary N) is 1. The zero-order chi connectivity index (χ0) is 17.4. The molecule has 0 aromatic heterocycles. The summed E-state index contributed by atoms with van der Waals surface area (Å²) in [5.74, 6) is 0.986. The fraction of sp³-hybridized carbons (Fsp3) is 0.526. The molecule has 0 bridgehead atoms. The van der Waals surface area contributed by atoms with Crippen molar-refractivity contribution in [2.24, 2.45) is 11.7 Å². The Balaban J connectivity index is 2.06. The second-order valence-corrected chi connectivity index (χ2v) is 6.35. The maximum absolute atomic E-state index is 11.0. The number of benzene rings is 1. The molecule has 1 aliphatic carbocycles. The summed E-state index contributed by atoms with van der Waals surface area (Å²) in [4.78, 5) is 11.0. The summed E-state index contributed by atoms with van der Waals surface area (Å²) in [5.41, 5.74) is 15.0. The fourth-order valence-corrected chi connectivity index (χ4v) is 3.16. The van der Waals surface area contributed by atoms with Gasteiger partial charge < -0.3 is 20.7 Å². The molecule has 0 radical (unpaired) electrons. The molecule has 4 N–H and O–H groups in total. The number of nitrogens with one attached hydrogen (secondary N) is 2. The molecular formula is C19H29N3O2. The molecule has 5 heteroatoms. The monoisotopic (exact) mass is 331 g/mol. The van der Waals surface area contributed by atoms with Crippen LogP contribution >= 0.6 is 0 Å². The van der Waals surface area contributed by atoms with Gasteiger partial charge >= 0.3 is 0 Å². The SMILES string of the molecule is CCC/C(N)=C(\NNC)c1ccc(OC2CCCC(C=O)C2)cc1. The van der Waals surface area contributed by atoms with Gasteiger partial charge in [0.1, 0.15) is 12.0 Å². The molecule has 132 valence electrons. The zero-order valence-electron chi connectivity index (χ0n) is 14.7. The van der Waals surface area contributed by atoms with Gasteiger partial charge in [-0.05, 0) is 56.4 Å². The van der Waals surface area contributed by atoms with Gasteiger partial charge in [-0.2, -0.15) is 0 Å². The van der Waals surface area contributed by atoms with Crippen molar-refractivity contribution in [3.05, 3.63) is 35.5 Å². The van der Waals surface area contributed by atoms with E-state index in [1.54, 1.807) is 0 Å². The van der Waals surface area contributed by atoms with Crippen LogP contribution in [0.3, 0.4) is 0 Å². The Hall–Kier alpha value is -2.01. The Morgan fingerprint density at radius 3 is 2.71 bits per heavy atom. The van der Waals surface area contributed by atoms with Crippen molar-refractivity contribution in [3.8, 4) is 5.75 Å². The molecule has 2 rings (SSSR count). The summed E-state index contributed by atoms with van der Waals surface area (Å²) < 4.78 is 6.05. The van der Waals surface area contributed by atoms with Crippen LogP contribution in [0.1, 0.15) is 51.0 Å². The van der Waals surface area contributed by atoms with Gasteiger partial charge in [-0.15, -0.1) is 0 Å². The van der Waals surface area contributed by atoms with Gasteiger partial charge in [-0.25, -0.2) is 5.43 Å². The molecule has 1 aromatic carbocycles. The Kier molecular flexibility index (Phi) is 7.12. The van der Waals surface area contributed by atoms with Crippen molar-refractivity contribution in [1.82, 2.24) is 10.9 Å². The normalized spacial score (nSPS) is 21.8. The molecular weight excluding hydrogens is 302 g/mol. The highest BCUT2D eigenvalue weighted by molar-refractivity contribution is 5.66. The zero-order valence-corrected chi connectivity index (χ0v) is 14.7. The van der Waals surface area contributed by atoms with Crippen LogP contribution in [0.4, 0.5) is 0 Å². The summed E-state index contributed by atoms with van der Waals surface area (Å²) in [7, 11) is 1.82. The lowest BCUT2D eigenvalue weighted by atomic mass is 9.88. The quantitative estimate of drug-likeness (QED) is 0.504. The minimum Gasteiger partial charge on any atom is -0.490 e. The van der Waals surface area contributed by atoms with Gasteiger partial charge in [0.05, 0.1) is 11.8 Å². The maximum Gasteiger partial charge on any atom is 0.123 e. The Morgan fingerprint density at radius 2 is 2.08 bits per heavy atom. The van der Waals surface area contributed by atoms with Gasteiger partial charge in [0, 0.05) is 24.2 Å². The van der Waals surface area contributed by atoms with E-state index in [2.05, 4.69) is 17.8 Å². The molecule has 5 nitrogen and oxygen atoms in total. The van der Waals surface area contributed by atoms with Crippen molar-refractivity contribution < 1.29 is 9.53 Å². The molecule has 24 heavy (non-hydrogen) atoms. The first-order chi connectivity index (χ1) is 11.7. The number of hydrogen-bond acceptors (Lipinski definition) is 5. The lowest BCUT2D eigenvalue weighted by molar-refractivity contribution is -0.112. The third-order valence-corrected chi connectivity index (χ3v) is 4.40. The summed E-state index contributed by atoms with van der Waals surface area (Å²) in [6.45, 7) is 2.11. The highest BCUT2D eigenvalue weighted by atomic mass is 16.5. The molecule has 1 aromatic rings. The minimum absolute atomic E-state index is 0.135. The van der Waals surface area contributed by atoms with Gasteiger partial charge in [0.25, 0.3) is 0 Å². The predicted octanol–water partition coefficient (Wildman–Crippen LogP) is 2.97. The van der Waals surface area contributed by atoms with Crippen molar-refractivity contribution in [1.29, 1.82) is 0 Å². The second-order valence-electron chi connectivity index (χ2n) is 6.35. The number of carbonyl (C=O) groups is 1. The van der Waals surface area contributed by atoms with Crippen LogP contribution in [-0.4, -0.2) is 19.4 Å². The summed E-state index contributed by atoms with van der Waals surface area (Å²) in [5, 5.41) is 0. The first kappa shape index (κ1) is 18.3. The fourth-order valence-electron chi connectivity index (χ4n) is 3.16. The van der Waals surface area contributed by atoms with Crippen LogP contribution in [0.15, 0.2) is 30.0 Å². The van der Waals surface area contributed by atoms with E-state index >= 15 is 0 Å². The average molecular weight is 331 g/mol. The van der Waals surface area contributed by atoms with Crippen molar-refractivity contribution in [2.75, 3.05) is 7.05 Å². The summed E-state index contributed by atoms with van der Waals surface area (Å²) >= 11 is 0.